The topological polar surface area (TPSA) is 87.0 Å². The molecule has 0 aliphatic carbocycles. The molecule has 0 aliphatic rings. The van der Waals surface area contributed by atoms with E-state index in [1.807, 2.05) is 25.1 Å². The maximum Gasteiger partial charge on any atom is 0.323 e. The number of hydrogen-bond donors (Lipinski definition) is 3. The smallest absolute Gasteiger partial charge is 0.323 e. The van der Waals surface area contributed by atoms with Gasteiger partial charge in [0.25, 0.3) is 0 Å². The third kappa shape index (κ3) is 3.26. The molecule has 0 saturated heterocycles. The predicted octanol–water partition coefficient (Wildman–Crippen LogP) is 2.35. The van der Waals surface area contributed by atoms with Crippen LogP contribution in [-0.2, 0) is 11.2 Å². The number of methoxy groups -OCH3 is 1. The molecule has 6 nitrogen and oxygen atoms in total. The Morgan fingerprint density at radius 1 is 1.13 bits per heavy atom. The van der Waals surface area contributed by atoms with Crippen molar-refractivity contribution in [3.8, 4) is 5.75 Å². The number of carbonyl (C=O) groups is 1. The number of amides is 1. The lowest BCUT2D eigenvalue weighted by atomic mass is 10.1. The summed E-state index contributed by atoms with van der Waals surface area (Å²) in [5.74, 6) is 0.634. The van der Waals surface area contributed by atoms with Crippen LogP contribution in [0.1, 0.15) is 11.1 Å². The van der Waals surface area contributed by atoms with Gasteiger partial charge in [-0.3, -0.25) is 4.79 Å². The van der Waals surface area contributed by atoms with Gasteiger partial charge in [-0.2, -0.15) is 0 Å². The van der Waals surface area contributed by atoms with Crippen LogP contribution in [0.15, 0.2) is 41.2 Å². The molecule has 3 rings (SSSR count). The van der Waals surface area contributed by atoms with Gasteiger partial charge in [-0.05, 0) is 42.3 Å². The highest BCUT2D eigenvalue weighted by atomic mass is 16.5. The number of benzene rings is 2. The van der Waals surface area contributed by atoms with Crippen LogP contribution < -0.4 is 15.7 Å². The number of rotatable bonds is 4. The number of fused-ring (bicyclic) bond motifs is 1. The summed E-state index contributed by atoms with van der Waals surface area (Å²) in [5, 5.41) is 2.83. The number of aromatic nitrogens is 2. The Balaban J connectivity index is 1.74. The molecule has 0 unspecified atom stereocenters. The fourth-order valence-corrected chi connectivity index (χ4v) is 2.48. The number of aryl methyl sites for hydroxylation is 1. The van der Waals surface area contributed by atoms with Gasteiger partial charge in [0, 0.05) is 5.69 Å². The van der Waals surface area contributed by atoms with Gasteiger partial charge in [-0.25, -0.2) is 4.79 Å². The van der Waals surface area contributed by atoms with Crippen LogP contribution in [0.4, 0.5) is 5.69 Å². The Labute approximate surface area is 132 Å². The highest BCUT2D eigenvalue weighted by Gasteiger charge is 2.08. The van der Waals surface area contributed by atoms with Gasteiger partial charge < -0.3 is 20.0 Å². The van der Waals surface area contributed by atoms with Crippen molar-refractivity contribution >= 4 is 22.6 Å². The first kappa shape index (κ1) is 14.9. The average molecular weight is 311 g/mol. The largest absolute Gasteiger partial charge is 0.496 e. The van der Waals surface area contributed by atoms with Crippen molar-refractivity contribution in [2.24, 2.45) is 0 Å². The lowest BCUT2D eigenvalue weighted by molar-refractivity contribution is -0.115. The minimum Gasteiger partial charge on any atom is -0.496 e. The van der Waals surface area contributed by atoms with E-state index in [-0.39, 0.29) is 18.0 Å². The summed E-state index contributed by atoms with van der Waals surface area (Å²) in [6, 6.07) is 10.9. The van der Waals surface area contributed by atoms with Crippen molar-refractivity contribution in [3.05, 3.63) is 58.0 Å². The number of carbonyl (C=O) groups excluding carboxylic acids is 1. The van der Waals surface area contributed by atoms with Crippen molar-refractivity contribution in [1.82, 2.24) is 9.97 Å². The lowest BCUT2D eigenvalue weighted by Gasteiger charge is -2.08. The predicted molar refractivity (Wildman–Crippen MR) is 89.0 cm³/mol. The highest BCUT2D eigenvalue weighted by molar-refractivity contribution is 5.94. The maximum absolute atomic E-state index is 12.2. The lowest BCUT2D eigenvalue weighted by Crippen LogP contribution is -2.14. The van der Waals surface area contributed by atoms with Crippen LogP contribution >= 0.6 is 0 Å². The SMILES string of the molecule is COc1cc(CC(=O)Nc2ccc3[nH]c(=O)[nH]c3c2)ccc1C. The monoisotopic (exact) mass is 311 g/mol. The molecule has 23 heavy (non-hydrogen) atoms. The number of ether oxygens (including phenoxy) is 1. The van der Waals surface area contributed by atoms with Crippen LogP contribution in [0.25, 0.3) is 11.0 Å². The van der Waals surface area contributed by atoms with E-state index in [9.17, 15) is 9.59 Å². The zero-order chi connectivity index (χ0) is 16.4. The number of aromatic amines is 2. The molecular formula is C17H17N3O3. The minimum atomic E-state index is -0.268. The van der Waals surface area contributed by atoms with E-state index < -0.39 is 0 Å². The van der Waals surface area contributed by atoms with Gasteiger partial charge in [0.05, 0.1) is 24.6 Å². The second-order valence-electron chi connectivity index (χ2n) is 5.37. The first-order valence-corrected chi connectivity index (χ1v) is 7.20. The molecule has 1 amide bonds. The van der Waals surface area contributed by atoms with Gasteiger partial charge in [-0.15, -0.1) is 0 Å². The quantitative estimate of drug-likeness (QED) is 0.691. The maximum atomic E-state index is 12.2. The van der Waals surface area contributed by atoms with Gasteiger partial charge in [-0.1, -0.05) is 12.1 Å². The number of H-pyrrole nitrogens is 2. The third-order valence-corrected chi connectivity index (χ3v) is 3.64. The molecular weight excluding hydrogens is 294 g/mol. The van der Waals surface area contributed by atoms with Crippen molar-refractivity contribution in [2.45, 2.75) is 13.3 Å². The summed E-state index contributed by atoms with van der Waals surface area (Å²) in [5.41, 5.74) is 3.63. The van der Waals surface area contributed by atoms with Crippen LogP contribution in [0.3, 0.4) is 0 Å². The molecule has 0 saturated carbocycles. The van der Waals surface area contributed by atoms with E-state index >= 15 is 0 Å². The fourth-order valence-electron chi connectivity index (χ4n) is 2.48. The number of hydrogen-bond acceptors (Lipinski definition) is 3. The average Bonchev–Trinajstić information content (AvgIpc) is 2.88. The van der Waals surface area contributed by atoms with Gasteiger partial charge in [0.2, 0.25) is 5.91 Å². The van der Waals surface area contributed by atoms with Crippen molar-refractivity contribution < 1.29 is 9.53 Å². The Morgan fingerprint density at radius 3 is 2.70 bits per heavy atom. The summed E-state index contributed by atoms with van der Waals surface area (Å²) >= 11 is 0. The summed E-state index contributed by atoms with van der Waals surface area (Å²) < 4.78 is 5.27. The zero-order valence-corrected chi connectivity index (χ0v) is 12.9. The molecule has 0 fully saturated rings. The highest BCUT2D eigenvalue weighted by Crippen LogP contribution is 2.20. The molecule has 6 heteroatoms. The zero-order valence-electron chi connectivity index (χ0n) is 12.9. The molecule has 2 aromatic carbocycles. The molecule has 0 spiro atoms. The molecule has 0 bridgehead atoms. The van der Waals surface area contributed by atoms with E-state index in [0.717, 1.165) is 16.9 Å². The minimum absolute atomic E-state index is 0.131. The fraction of sp³-hybridized carbons (Fsp3) is 0.176. The molecule has 3 aromatic rings. The summed E-state index contributed by atoms with van der Waals surface area (Å²) in [6.45, 7) is 1.95. The van der Waals surface area contributed by atoms with Crippen molar-refractivity contribution in [2.75, 3.05) is 12.4 Å². The second kappa shape index (κ2) is 6.00. The van der Waals surface area contributed by atoms with Crippen LogP contribution in [0.5, 0.6) is 5.75 Å². The van der Waals surface area contributed by atoms with Crippen LogP contribution in [0, 0.1) is 6.92 Å². The van der Waals surface area contributed by atoms with Gasteiger partial charge in [0.15, 0.2) is 0 Å². The Morgan fingerprint density at radius 2 is 1.91 bits per heavy atom. The molecule has 3 N–H and O–H groups in total. The van der Waals surface area contributed by atoms with E-state index in [4.69, 9.17) is 4.74 Å². The summed E-state index contributed by atoms with van der Waals surface area (Å²) in [7, 11) is 1.61. The molecule has 118 valence electrons. The normalized spacial score (nSPS) is 10.7. The first-order chi connectivity index (χ1) is 11.0. The van der Waals surface area contributed by atoms with E-state index in [1.165, 1.54) is 0 Å². The standard InChI is InChI=1S/C17H17N3O3/c1-10-3-4-11(7-15(10)23-2)8-16(21)18-12-5-6-13-14(9-12)20-17(22)19-13/h3-7,9H,8H2,1-2H3,(H,18,21)(H2,19,20,22). The number of nitrogens with one attached hydrogen (secondary N) is 3. The Hall–Kier alpha value is -3.02. The molecule has 0 radical (unpaired) electrons. The second-order valence-corrected chi connectivity index (χ2v) is 5.37. The van der Waals surface area contributed by atoms with E-state index in [2.05, 4.69) is 15.3 Å². The van der Waals surface area contributed by atoms with Gasteiger partial charge >= 0.3 is 5.69 Å². The van der Waals surface area contributed by atoms with E-state index in [0.29, 0.717) is 16.7 Å². The number of anilines is 1. The molecule has 1 heterocycles. The van der Waals surface area contributed by atoms with Crippen LogP contribution in [0.2, 0.25) is 0 Å². The first-order valence-electron chi connectivity index (χ1n) is 7.20. The van der Waals surface area contributed by atoms with Crippen molar-refractivity contribution in [1.29, 1.82) is 0 Å². The van der Waals surface area contributed by atoms with Crippen molar-refractivity contribution in [3.63, 3.8) is 0 Å². The molecule has 1 aromatic heterocycles. The number of imidazole rings is 1. The van der Waals surface area contributed by atoms with Gasteiger partial charge in [0.1, 0.15) is 5.75 Å². The van der Waals surface area contributed by atoms with E-state index in [1.54, 1.807) is 25.3 Å². The van der Waals surface area contributed by atoms with Crippen LogP contribution in [-0.4, -0.2) is 23.0 Å². The summed E-state index contributed by atoms with van der Waals surface area (Å²) in [6.07, 6.45) is 0.248. The Kier molecular flexibility index (Phi) is 3.89. The molecule has 0 aliphatic heterocycles. The molecule has 0 atom stereocenters. The Bertz CT molecular complexity index is 924. The third-order valence-electron chi connectivity index (χ3n) is 3.64. The summed E-state index contributed by atoms with van der Waals surface area (Å²) in [4.78, 5) is 28.7.